The van der Waals surface area contributed by atoms with Gasteiger partial charge >= 0.3 is 0 Å². The summed E-state index contributed by atoms with van der Waals surface area (Å²) in [5.41, 5.74) is 1.71. The number of aromatic nitrogens is 3. The van der Waals surface area contributed by atoms with Crippen LogP contribution in [0.4, 0.5) is 0 Å². The number of furan rings is 1. The van der Waals surface area contributed by atoms with Crippen LogP contribution in [-0.2, 0) is 13.0 Å². The Labute approximate surface area is 127 Å². The second-order valence-electron chi connectivity index (χ2n) is 4.88. The van der Waals surface area contributed by atoms with Crippen molar-refractivity contribution in [2.75, 3.05) is 6.54 Å². The summed E-state index contributed by atoms with van der Waals surface area (Å²) in [6.07, 6.45) is 5.48. The third-order valence-electron chi connectivity index (χ3n) is 3.26. The zero-order valence-corrected chi connectivity index (χ0v) is 12.0. The minimum Gasteiger partial charge on any atom is -0.469 e. The Morgan fingerprint density at radius 1 is 1.23 bits per heavy atom. The van der Waals surface area contributed by atoms with Gasteiger partial charge in [0.15, 0.2) is 0 Å². The number of nitrogens with zero attached hydrogens (tertiary/aromatic N) is 3. The van der Waals surface area contributed by atoms with E-state index in [2.05, 4.69) is 15.4 Å². The van der Waals surface area contributed by atoms with E-state index >= 15 is 0 Å². The van der Waals surface area contributed by atoms with E-state index in [-0.39, 0.29) is 5.91 Å². The lowest BCUT2D eigenvalue weighted by molar-refractivity contribution is 0.0953. The summed E-state index contributed by atoms with van der Waals surface area (Å²) in [5.74, 6) is 0.780. The van der Waals surface area contributed by atoms with Crippen LogP contribution in [0.5, 0.6) is 0 Å². The zero-order valence-electron chi connectivity index (χ0n) is 12.0. The summed E-state index contributed by atoms with van der Waals surface area (Å²) in [6, 6.07) is 11.2. The van der Waals surface area contributed by atoms with E-state index in [1.807, 2.05) is 36.4 Å². The van der Waals surface area contributed by atoms with Gasteiger partial charge in [0.2, 0.25) is 0 Å². The number of hydrogen-bond donors (Lipinski definition) is 1. The van der Waals surface area contributed by atoms with E-state index < -0.39 is 0 Å². The van der Waals surface area contributed by atoms with E-state index in [0.29, 0.717) is 25.1 Å². The molecular weight excluding hydrogens is 280 g/mol. The van der Waals surface area contributed by atoms with Gasteiger partial charge in [-0.15, -0.1) is 0 Å². The van der Waals surface area contributed by atoms with E-state index in [1.165, 1.54) is 6.33 Å². The molecule has 0 radical (unpaired) electrons. The van der Waals surface area contributed by atoms with Crippen molar-refractivity contribution in [1.29, 1.82) is 0 Å². The first kappa shape index (κ1) is 14.1. The fourth-order valence-electron chi connectivity index (χ4n) is 2.12. The molecule has 1 N–H and O–H groups in total. The molecule has 0 spiro atoms. The van der Waals surface area contributed by atoms with Crippen LogP contribution in [0, 0.1) is 0 Å². The molecule has 112 valence electrons. The molecule has 0 unspecified atom stereocenters. The number of carbonyl (C=O) groups excluding carboxylic acids is 1. The van der Waals surface area contributed by atoms with Gasteiger partial charge in [-0.05, 0) is 29.8 Å². The summed E-state index contributed by atoms with van der Waals surface area (Å²) < 4.78 is 6.96. The van der Waals surface area contributed by atoms with Crippen LogP contribution in [0.15, 0.2) is 59.7 Å². The van der Waals surface area contributed by atoms with Crippen molar-refractivity contribution in [2.24, 2.45) is 0 Å². The maximum atomic E-state index is 12.0. The number of nitrogens with one attached hydrogen (secondary N) is 1. The Kier molecular flexibility index (Phi) is 4.29. The molecule has 0 aliphatic rings. The fraction of sp³-hybridized carbons (Fsp3) is 0.188. The molecule has 0 saturated carbocycles. The Morgan fingerprint density at radius 2 is 2.09 bits per heavy atom. The highest BCUT2D eigenvalue weighted by atomic mass is 16.3. The van der Waals surface area contributed by atoms with Crippen molar-refractivity contribution in [3.8, 4) is 0 Å². The molecule has 6 nitrogen and oxygen atoms in total. The number of carbonyl (C=O) groups is 1. The van der Waals surface area contributed by atoms with Crippen molar-refractivity contribution in [2.45, 2.75) is 13.0 Å². The second kappa shape index (κ2) is 6.71. The smallest absolute Gasteiger partial charge is 0.251 e. The average Bonchev–Trinajstić information content (AvgIpc) is 3.21. The van der Waals surface area contributed by atoms with Gasteiger partial charge in [0.1, 0.15) is 18.4 Å². The third kappa shape index (κ3) is 3.60. The summed E-state index contributed by atoms with van der Waals surface area (Å²) in [6.45, 7) is 1.19. The second-order valence-corrected chi connectivity index (χ2v) is 4.88. The molecule has 3 rings (SSSR count). The summed E-state index contributed by atoms with van der Waals surface area (Å²) in [7, 11) is 0. The number of amides is 1. The van der Waals surface area contributed by atoms with Gasteiger partial charge in [0, 0.05) is 18.5 Å². The average molecular weight is 296 g/mol. The highest BCUT2D eigenvalue weighted by molar-refractivity contribution is 5.94. The lowest BCUT2D eigenvalue weighted by Gasteiger charge is -2.06. The van der Waals surface area contributed by atoms with Gasteiger partial charge in [0.05, 0.1) is 12.8 Å². The normalized spacial score (nSPS) is 10.5. The van der Waals surface area contributed by atoms with Crippen LogP contribution in [0.3, 0.4) is 0 Å². The fourth-order valence-corrected chi connectivity index (χ4v) is 2.12. The molecule has 1 aromatic carbocycles. The lowest BCUT2D eigenvalue weighted by Crippen LogP contribution is -2.25. The van der Waals surface area contributed by atoms with E-state index in [9.17, 15) is 4.79 Å². The molecule has 0 fully saturated rings. The monoisotopic (exact) mass is 296 g/mol. The molecule has 0 saturated heterocycles. The van der Waals surface area contributed by atoms with E-state index in [4.69, 9.17) is 4.42 Å². The topological polar surface area (TPSA) is 73.0 Å². The number of benzene rings is 1. The Bertz CT molecular complexity index is 703. The quantitative estimate of drug-likeness (QED) is 0.754. The van der Waals surface area contributed by atoms with E-state index in [1.54, 1.807) is 17.3 Å². The van der Waals surface area contributed by atoms with Gasteiger partial charge in [-0.1, -0.05) is 12.1 Å². The first-order valence-electron chi connectivity index (χ1n) is 7.03. The van der Waals surface area contributed by atoms with Crippen molar-refractivity contribution in [3.05, 3.63) is 72.2 Å². The Morgan fingerprint density at radius 3 is 2.77 bits per heavy atom. The van der Waals surface area contributed by atoms with Crippen molar-refractivity contribution in [1.82, 2.24) is 20.1 Å². The van der Waals surface area contributed by atoms with Crippen LogP contribution >= 0.6 is 0 Å². The van der Waals surface area contributed by atoms with Crippen LogP contribution in [0.2, 0.25) is 0 Å². The van der Waals surface area contributed by atoms with Crippen LogP contribution in [0.1, 0.15) is 21.7 Å². The molecular formula is C16H16N4O2. The highest BCUT2D eigenvalue weighted by Gasteiger charge is 2.05. The van der Waals surface area contributed by atoms with Gasteiger partial charge in [-0.25, -0.2) is 9.67 Å². The molecule has 0 atom stereocenters. The van der Waals surface area contributed by atoms with Gasteiger partial charge < -0.3 is 9.73 Å². The maximum absolute atomic E-state index is 12.0. The van der Waals surface area contributed by atoms with Gasteiger partial charge in [-0.3, -0.25) is 4.79 Å². The van der Waals surface area contributed by atoms with Crippen LogP contribution < -0.4 is 5.32 Å². The molecule has 2 aromatic heterocycles. The molecule has 0 aliphatic carbocycles. The maximum Gasteiger partial charge on any atom is 0.251 e. The van der Waals surface area contributed by atoms with Crippen molar-refractivity contribution < 1.29 is 9.21 Å². The first-order chi connectivity index (χ1) is 10.8. The predicted octanol–water partition coefficient (Wildman–Crippen LogP) is 1.89. The third-order valence-corrected chi connectivity index (χ3v) is 3.26. The van der Waals surface area contributed by atoms with Crippen molar-refractivity contribution >= 4 is 5.91 Å². The van der Waals surface area contributed by atoms with E-state index in [0.717, 1.165) is 11.3 Å². The highest BCUT2D eigenvalue weighted by Crippen LogP contribution is 2.06. The Hall–Kier alpha value is -2.89. The minimum absolute atomic E-state index is 0.0844. The molecule has 22 heavy (non-hydrogen) atoms. The largest absolute Gasteiger partial charge is 0.469 e. The Balaban J connectivity index is 1.52. The molecule has 2 heterocycles. The predicted molar refractivity (Wildman–Crippen MR) is 80.3 cm³/mol. The summed E-state index contributed by atoms with van der Waals surface area (Å²) >= 11 is 0. The molecule has 3 aromatic rings. The molecule has 0 aliphatic heterocycles. The SMILES string of the molecule is O=C(NCCc1ccco1)c1ccc(Cn2cncn2)cc1. The molecule has 1 amide bonds. The standard InChI is InChI=1S/C16H16N4O2/c21-16(18-8-7-15-2-1-9-22-15)14-5-3-13(4-6-14)10-20-12-17-11-19-20/h1-6,9,11-12H,7-8,10H2,(H,18,21). The van der Waals surface area contributed by atoms with Crippen LogP contribution in [0.25, 0.3) is 0 Å². The van der Waals surface area contributed by atoms with Gasteiger partial charge in [0.25, 0.3) is 5.91 Å². The number of hydrogen-bond acceptors (Lipinski definition) is 4. The molecule has 6 heteroatoms. The first-order valence-corrected chi connectivity index (χ1v) is 7.03. The lowest BCUT2D eigenvalue weighted by atomic mass is 10.1. The van der Waals surface area contributed by atoms with Crippen LogP contribution in [-0.4, -0.2) is 27.2 Å². The zero-order chi connectivity index (χ0) is 15.2. The number of rotatable bonds is 6. The minimum atomic E-state index is -0.0844. The summed E-state index contributed by atoms with van der Waals surface area (Å²) in [5, 5.41) is 6.93. The molecule has 0 bridgehead atoms. The van der Waals surface area contributed by atoms with Gasteiger partial charge in [-0.2, -0.15) is 5.10 Å². The summed E-state index contributed by atoms with van der Waals surface area (Å²) in [4.78, 5) is 15.9. The van der Waals surface area contributed by atoms with Crippen molar-refractivity contribution in [3.63, 3.8) is 0 Å².